The topological polar surface area (TPSA) is 102 Å². The van der Waals surface area contributed by atoms with E-state index < -0.39 is 10.0 Å². The second-order valence-corrected chi connectivity index (χ2v) is 7.98. The van der Waals surface area contributed by atoms with Crippen molar-refractivity contribution in [2.45, 2.75) is 4.90 Å². The third kappa shape index (κ3) is 3.63. The lowest BCUT2D eigenvalue weighted by Crippen LogP contribution is -2.49. The average Bonchev–Trinajstić information content (AvgIpc) is 2.68. The first-order valence-corrected chi connectivity index (χ1v) is 10.0. The predicted molar refractivity (Wildman–Crippen MR) is 102 cm³/mol. The highest BCUT2D eigenvalue weighted by Gasteiger charge is 2.26. The van der Waals surface area contributed by atoms with Crippen LogP contribution in [0.5, 0.6) is 0 Å². The summed E-state index contributed by atoms with van der Waals surface area (Å²) in [7, 11) is -3.66. The summed E-state index contributed by atoms with van der Waals surface area (Å²) in [5, 5.41) is 12.1. The molecule has 0 unspecified atom stereocenters. The van der Waals surface area contributed by atoms with E-state index in [1.165, 1.54) is 0 Å². The number of para-hydroxylation sites is 1. The Morgan fingerprint density at radius 2 is 1.93 bits per heavy atom. The van der Waals surface area contributed by atoms with Crippen molar-refractivity contribution in [3.8, 4) is 6.07 Å². The van der Waals surface area contributed by atoms with Gasteiger partial charge in [-0.15, -0.1) is 4.40 Å². The summed E-state index contributed by atoms with van der Waals surface area (Å²) < 4.78 is 28.6. The van der Waals surface area contributed by atoms with Crippen LogP contribution in [0.1, 0.15) is 5.56 Å². The van der Waals surface area contributed by atoms with Gasteiger partial charge in [-0.25, -0.2) is 4.98 Å². The van der Waals surface area contributed by atoms with Crippen molar-refractivity contribution >= 4 is 27.4 Å². The van der Waals surface area contributed by atoms with Crippen LogP contribution in [0, 0.1) is 11.3 Å². The average molecular weight is 382 g/mol. The first-order chi connectivity index (χ1) is 13.0. The molecule has 138 valence electrons. The maximum Gasteiger partial charge on any atom is 0.286 e. The maximum absolute atomic E-state index is 12.3. The summed E-state index contributed by atoms with van der Waals surface area (Å²) in [5.74, 6) is 1.23. The van der Waals surface area contributed by atoms with Crippen LogP contribution < -0.4 is 10.2 Å². The molecule has 0 saturated carbocycles. The zero-order valence-corrected chi connectivity index (χ0v) is 15.4. The SMILES string of the molecule is N#Cc1ccnc(N2CCN(CC3=NS(=O)(=O)c4ccccc4N3)CC2)c1. The van der Waals surface area contributed by atoms with Gasteiger partial charge in [-0.1, -0.05) is 12.1 Å². The molecule has 0 amide bonds. The number of sulfonamides is 1. The maximum atomic E-state index is 12.3. The van der Waals surface area contributed by atoms with E-state index in [-0.39, 0.29) is 4.90 Å². The first-order valence-electron chi connectivity index (χ1n) is 8.58. The van der Waals surface area contributed by atoms with Crippen LogP contribution in [0.2, 0.25) is 0 Å². The number of amidine groups is 1. The van der Waals surface area contributed by atoms with Crippen molar-refractivity contribution in [3.63, 3.8) is 0 Å². The molecule has 1 N–H and O–H groups in total. The Kier molecular flexibility index (Phi) is 4.51. The highest BCUT2D eigenvalue weighted by Crippen LogP contribution is 2.26. The van der Waals surface area contributed by atoms with E-state index in [9.17, 15) is 8.42 Å². The quantitative estimate of drug-likeness (QED) is 0.853. The van der Waals surface area contributed by atoms with Crippen molar-refractivity contribution in [2.24, 2.45) is 4.40 Å². The predicted octanol–water partition coefficient (Wildman–Crippen LogP) is 1.29. The van der Waals surface area contributed by atoms with E-state index in [0.717, 1.165) is 32.0 Å². The van der Waals surface area contributed by atoms with E-state index >= 15 is 0 Å². The minimum absolute atomic E-state index is 0.210. The van der Waals surface area contributed by atoms with Crippen LogP contribution >= 0.6 is 0 Å². The normalized spacial score (nSPS) is 18.8. The number of fused-ring (bicyclic) bond motifs is 1. The fraction of sp³-hybridized carbons (Fsp3) is 0.278. The van der Waals surface area contributed by atoms with Crippen LogP contribution in [0.25, 0.3) is 0 Å². The fourth-order valence-electron chi connectivity index (χ4n) is 3.24. The number of piperazine rings is 1. The minimum atomic E-state index is -3.66. The molecule has 1 fully saturated rings. The summed E-state index contributed by atoms with van der Waals surface area (Å²) in [6.07, 6.45) is 1.64. The number of nitrogens with zero attached hydrogens (tertiary/aromatic N) is 5. The summed E-state index contributed by atoms with van der Waals surface area (Å²) >= 11 is 0. The molecule has 8 nitrogen and oxygen atoms in total. The lowest BCUT2D eigenvalue weighted by molar-refractivity contribution is 0.291. The van der Waals surface area contributed by atoms with Gasteiger partial charge < -0.3 is 10.2 Å². The molecule has 0 bridgehead atoms. The Bertz CT molecular complexity index is 1040. The first kappa shape index (κ1) is 17.5. The molecule has 0 aliphatic carbocycles. The Hall–Kier alpha value is -2.96. The van der Waals surface area contributed by atoms with E-state index in [1.54, 1.807) is 42.6 Å². The van der Waals surface area contributed by atoms with Gasteiger partial charge in [0.25, 0.3) is 10.0 Å². The lowest BCUT2D eigenvalue weighted by Gasteiger charge is -2.35. The number of pyridine rings is 1. The van der Waals surface area contributed by atoms with Crippen molar-refractivity contribution in [1.29, 1.82) is 5.26 Å². The highest BCUT2D eigenvalue weighted by atomic mass is 32.2. The molecule has 1 saturated heterocycles. The molecule has 1 aromatic carbocycles. The van der Waals surface area contributed by atoms with Crippen LogP contribution in [0.4, 0.5) is 11.5 Å². The van der Waals surface area contributed by atoms with Crippen molar-refractivity contribution in [3.05, 3.63) is 48.2 Å². The van der Waals surface area contributed by atoms with Crippen LogP contribution in [-0.4, -0.2) is 56.9 Å². The van der Waals surface area contributed by atoms with Gasteiger partial charge >= 0.3 is 0 Å². The second kappa shape index (κ2) is 6.98. The van der Waals surface area contributed by atoms with Gasteiger partial charge in [-0.05, 0) is 24.3 Å². The van der Waals surface area contributed by atoms with Gasteiger partial charge in [0, 0.05) is 32.4 Å². The third-order valence-corrected chi connectivity index (χ3v) is 5.99. The van der Waals surface area contributed by atoms with Gasteiger partial charge in [0.15, 0.2) is 0 Å². The number of rotatable bonds is 3. The summed E-state index contributed by atoms with van der Waals surface area (Å²) in [4.78, 5) is 8.82. The highest BCUT2D eigenvalue weighted by molar-refractivity contribution is 7.90. The summed E-state index contributed by atoms with van der Waals surface area (Å²) in [6, 6.07) is 12.4. The molecular weight excluding hydrogens is 364 g/mol. The van der Waals surface area contributed by atoms with Crippen LogP contribution in [-0.2, 0) is 10.0 Å². The molecule has 0 radical (unpaired) electrons. The molecule has 27 heavy (non-hydrogen) atoms. The second-order valence-electron chi connectivity index (χ2n) is 6.41. The van der Waals surface area contributed by atoms with Gasteiger partial charge in [0.05, 0.1) is 23.9 Å². The Balaban J connectivity index is 1.41. The number of hydrogen-bond donors (Lipinski definition) is 1. The van der Waals surface area contributed by atoms with Gasteiger partial charge in [-0.3, -0.25) is 4.90 Å². The van der Waals surface area contributed by atoms with E-state index in [2.05, 4.69) is 30.6 Å². The molecule has 4 rings (SSSR count). The lowest BCUT2D eigenvalue weighted by atomic mass is 10.2. The number of nitrogens with one attached hydrogen (secondary N) is 1. The molecule has 2 aromatic rings. The zero-order chi connectivity index (χ0) is 18.9. The van der Waals surface area contributed by atoms with E-state index in [0.29, 0.717) is 23.6 Å². The van der Waals surface area contributed by atoms with Crippen molar-refractivity contribution in [2.75, 3.05) is 42.9 Å². The summed E-state index contributed by atoms with van der Waals surface area (Å²) in [6.45, 7) is 3.44. The molecule has 2 aliphatic heterocycles. The van der Waals surface area contributed by atoms with Crippen molar-refractivity contribution < 1.29 is 8.42 Å². The third-order valence-electron chi connectivity index (χ3n) is 4.62. The van der Waals surface area contributed by atoms with Gasteiger partial charge in [0.1, 0.15) is 16.5 Å². The Labute approximate surface area is 157 Å². The number of hydrogen-bond acceptors (Lipinski definition) is 7. The fourth-order valence-corrected chi connectivity index (χ4v) is 4.38. The van der Waals surface area contributed by atoms with Crippen LogP contribution in [0.3, 0.4) is 0 Å². The summed E-state index contributed by atoms with van der Waals surface area (Å²) in [5.41, 5.74) is 1.16. The Morgan fingerprint density at radius 1 is 1.15 bits per heavy atom. The molecule has 1 aromatic heterocycles. The number of anilines is 2. The molecular formula is C18H18N6O2S. The smallest absolute Gasteiger partial charge is 0.286 e. The number of benzene rings is 1. The van der Waals surface area contributed by atoms with Crippen LogP contribution in [0.15, 0.2) is 51.9 Å². The van der Waals surface area contributed by atoms with E-state index in [4.69, 9.17) is 5.26 Å². The minimum Gasteiger partial charge on any atom is -0.354 e. The molecule has 0 spiro atoms. The molecule has 0 atom stereocenters. The monoisotopic (exact) mass is 382 g/mol. The Morgan fingerprint density at radius 3 is 2.70 bits per heavy atom. The molecule has 3 heterocycles. The number of nitriles is 1. The number of aromatic nitrogens is 1. The van der Waals surface area contributed by atoms with E-state index in [1.807, 2.05) is 0 Å². The van der Waals surface area contributed by atoms with Crippen molar-refractivity contribution in [1.82, 2.24) is 9.88 Å². The molecule has 2 aliphatic rings. The van der Waals surface area contributed by atoms with Gasteiger partial charge in [0.2, 0.25) is 0 Å². The van der Waals surface area contributed by atoms with Gasteiger partial charge in [-0.2, -0.15) is 13.7 Å². The largest absolute Gasteiger partial charge is 0.354 e. The molecule has 9 heteroatoms. The zero-order valence-electron chi connectivity index (χ0n) is 14.5. The standard InChI is InChI=1S/C18H18N6O2S/c19-12-14-5-6-20-18(11-14)24-9-7-23(8-10-24)13-17-21-15-3-1-2-4-16(15)27(25,26)22-17/h1-6,11H,7-10,13H2,(H,21,22).